The average Bonchev–Trinajstić information content (AvgIpc) is 3.29. The second kappa shape index (κ2) is 5.55. The van der Waals surface area contributed by atoms with Crippen molar-refractivity contribution < 1.29 is 27.2 Å². The van der Waals surface area contributed by atoms with Crippen molar-refractivity contribution in [2.45, 2.75) is 37.7 Å². The van der Waals surface area contributed by atoms with E-state index in [4.69, 9.17) is 0 Å². The molecule has 28 heavy (non-hydrogen) atoms. The molecular formula is C21H17F4NO2. The summed E-state index contributed by atoms with van der Waals surface area (Å²) in [5, 5.41) is 0.759. The van der Waals surface area contributed by atoms with Crippen molar-refractivity contribution in [3.05, 3.63) is 47.5 Å². The molecule has 3 atom stereocenters. The van der Waals surface area contributed by atoms with E-state index in [9.17, 15) is 9.59 Å². The van der Waals surface area contributed by atoms with Crippen LogP contribution in [-0.4, -0.2) is 28.7 Å². The van der Waals surface area contributed by atoms with Crippen LogP contribution in [-0.2, 0) is 0 Å². The van der Waals surface area contributed by atoms with E-state index < -0.39 is 40.5 Å². The summed E-state index contributed by atoms with van der Waals surface area (Å²) >= 11 is 0. The summed E-state index contributed by atoms with van der Waals surface area (Å²) in [6.07, 6.45) is 1.79. The maximum atomic E-state index is 15.2. The van der Waals surface area contributed by atoms with E-state index in [2.05, 4.69) is 0 Å². The number of carbonyl (C=O) groups is 2. The van der Waals surface area contributed by atoms with Gasteiger partial charge >= 0.3 is 12.0 Å². The molecule has 2 amide bonds. The van der Waals surface area contributed by atoms with Crippen LogP contribution < -0.4 is 0 Å². The minimum atomic E-state index is -4.90. The lowest BCUT2D eigenvalue weighted by Gasteiger charge is -2.41. The van der Waals surface area contributed by atoms with E-state index in [1.807, 2.05) is 0 Å². The highest BCUT2D eigenvalue weighted by atomic mass is 19.3. The molecule has 2 aliphatic carbocycles. The largest absolute Gasteiger partial charge is 0.397 e. The number of amides is 2. The van der Waals surface area contributed by atoms with Gasteiger partial charge in [-0.15, -0.1) is 0 Å². The zero-order valence-corrected chi connectivity index (χ0v) is 14.8. The molecule has 0 aromatic heterocycles. The summed E-state index contributed by atoms with van der Waals surface area (Å²) in [6, 6.07) is 3.94. The van der Waals surface area contributed by atoms with E-state index in [1.54, 1.807) is 12.1 Å². The molecule has 3 aliphatic rings. The quantitative estimate of drug-likeness (QED) is 0.415. The van der Waals surface area contributed by atoms with Gasteiger partial charge in [-0.3, -0.25) is 9.59 Å². The third-order valence-corrected chi connectivity index (χ3v) is 6.66. The molecule has 0 radical (unpaired) electrons. The summed E-state index contributed by atoms with van der Waals surface area (Å²) < 4.78 is 60.5. The summed E-state index contributed by atoms with van der Waals surface area (Å²) in [5.41, 5.74) is -0.313. The third kappa shape index (κ3) is 2.10. The fourth-order valence-electron chi connectivity index (χ4n) is 5.35. The van der Waals surface area contributed by atoms with E-state index in [-0.39, 0.29) is 28.9 Å². The Kier molecular flexibility index (Phi) is 3.50. The van der Waals surface area contributed by atoms with Crippen LogP contribution in [0.2, 0.25) is 0 Å². The molecule has 7 heteroatoms. The second-order valence-corrected chi connectivity index (χ2v) is 8.10. The second-order valence-electron chi connectivity index (χ2n) is 8.10. The highest BCUT2D eigenvalue weighted by Crippen LogP contribution is 2.58. The van der Waals surface area contributed by atoms with Crippen molar-refractivity contribution in [2.24, 2.45) is 17.8 Å². The molecule has 2 aromatic carbocycles. The third-order valence-electron chi connectivity index (χ3n) is 6.66. The van der Waals surface area contributed by atoms with Crippen LogP contribution in [0.3, 0.4) is 0 Å². The van der Waals surface area contributed by atoms with E-state index in [1.165, 1.54) is 24.3 Å². The van der Waals surface area contributed by atoms with Gasteiger partial charge < -0.3 is 0 Å². The first-order chi connectivity index (χ1) is 13.2. The first kappa shape index (κ1) is 17.6. The normalized spacial score (nSPS) is 27.1. The van der Waals surface area contributed by atoms with E-state index in [0.717, 1.165) is 6.42 Å². The minimum absolute atomic E-state index is 0.00957. The van der Waals surface area contributed by atoms with Gasteiger partial charge in [0.2, 0.25) is 0 Å². The van der Waals surface area contributed by atoms with Crippen molar-refractivity contribution in [3.8, 4) is 0 Å². The van der Waals surface area contributed by atoms with Gasteiger partial charge in [-0.2, -0.15) is 17.6 Å². The Labute approximate surface area is 158 Å². The van der Waals surface area contributed by atoms with Crippen LogP contribution in [0.15, 0.2) is 36.4 Å². The fourth-order valence-corrected chi connectivity index (χ4v) is 5.35. The number of alkyl halides is 4. The SMILES string of the molecule is O=C1c2cccc3cccc(c23)C(=O)N1C(F)(F)C(F)(F)C1CC2CCC1C2. The van der Waals surface area contributed by atoms with Crippen LogP contribution in [0, 0.1) is 17.8 Å². The fraction of sp³-hybridized carbons (Fsp3) is 0.429. The summed E-state index contributed by atoms with van der Waals surface area (Å²) in [4.78, 5) is 25.0. The van der Waals surface area contributed by atoms with Crippen molar-refractivity contribution in [1.82, 2.24) is 4.90 Å². The molecule has 0 spiro atoms. The maximum absolute atomic E-state index is 15.2. The Bertz CT molecular complexity index is 968. The van der Waals surface area contributed by atoms with Crippen LogP contribution in [0.5, 0.6) is 0 Å². The van der Waals surface area contributed by atoms with Gasteiger partial charge in [-0.25, -0.2) is 4.90 Å². The molecule has 1 aliphatic heterocycles. The summed E-state index contributed by atoms with van der Waals surface area (Å²) in [5.74, 6) is -9.20. The standard InChI is InChI=1S/C21H17F4NO2/c22-20(23,16-10-11-7-8-13(16)9-11)21(24,25)26-18(27)14-5-1-3-12-4-2-6-15(17(12)14)19(26)28/h1-6,11,13,16H,7-10H2. The number of benzene rings is 2. The van der Waals surface area contributed by atoms with Crippen LogP contribution in [0.4, 0.5) is 17.6 Å². The molecular weight excluding hydrogens is 374 g/mol. The molecule has 3 unspecified atom stereocenters. The minimum Gasteiger partial charge on any atom is -0.268 e. The van der Waals surface area contributed by atoms with E-state index >= 15 is 17.6 Å². The van der Waals surface area contributed by atoms with Gasteiger partial charge in [0.05, 0.1) is 0 Å². The molecule has 0 saturated heterocycles. The number of imide groups is 1. The molecule has 2 fully saturated rings. The van der Waals surface area contributed by atoms with Crippen molar-refractivity contribution >= 4 is 22.6 Å². The van der Waals surface area contributed by atoms with Crippen molar-refractivity contribution in [2.75, 3.05) is 0 Å². The number of halogens is 4. The lowest BCUT2D eigenvalue weighted by atomic mass is 9.82. The molecule has 5 rings (SSSR count). The highest BCUT2D eigenvalue weighted by Gasteiger charge is 2.70. The van der Waals surface area contributed by atoms with Gasteiger partial charge in [0.25, 0.3) is 11.8 Å². The van der Waals surface area contributed by atoms with Crippen LogP contribution in [0.1, 0.15) is 46.4 Å². The zero-order valence-electron chi connectivity index (χ0n) is 14.8. The predicted octanol–water partition coefficient (Wildman–Crippen LogP) is 5.10. The van der Waals surface area contributed by atoms with Gasteiger partial charge in [-0.1, -0.05) is 30.7 Å². The molecule has 0 N–H and O–H groups in total. The maximum Gasteiger partial charge on any atom is 0.397 e. The first-order valence-electron chi connectivity index (χ1n) is 9.39. The van der Waals surface area contributed by atoms with Gasteiger partial charge in [0, 0.05) is 22.4 Å². The Morgan fingerprint density at radius 2 is 1.46 bits per heavy atom. The Hall–Kier alpha value is -2.44. The highest BCUT2D eigenvalue weighted by molar-refractivity contribution is 6.25. The van der Waals surface area contributed by atoms with Crippen molar-refractivity contribution in [3.63, 3.8) is 0 Å². The lowest BCUT2D eigenvalue weighted by molar-refractivity contribution is -0.286. The Morgan fingerprint density at radius 3 is 1.96 bits per heavy atom. The number of fused-ring (bicyclic) bond motifs is 2. The first-order valence-corrected chi connectivity index (χ1v) is 9.39. The Morgan fingerprint density at radius 1 is 0.857 bits per heavy atom. The molecule has 146 valence electrons. The molecule has 2 saturated carbocycles. The molecule has 1 heterocycles. The number of nitrogens with zero attached hydrogens (tertiary/aromatic N) is 1. The molecule has 2 aromatic rings. The monoisotopic (exact) mass is 391 g/mol. The van der Waals surface area contributed by atoms with Gasteiger partial charge in [-0.05, 0) is 48.6 Å². The van der Waals surface area contributed by atoms with E-state index in [0.29, 0.717) is 18.2 Å². The summed E-state index contributed by atoms with van der Waals surface area (Å²) in [7, 11) is 0. The topological polar surface area (TPSA) is 37.4 Å². The lowest BCUT2D eigenvalue weighted by Crippen LogP contribution is -2.62. The number of hydrogen-bond donors (Lipinski definition) is 0. The van der Waals surface area contributed by atoms with Gasteiger partial charge in [0.15, 0.2) is 0 Å². The Balaban J connectivity index is 1.61. The smallest absolute Gasteiger partial charge is 0.268 e. The van der Waals surface area contributed by atoms with Crippen LogP contribution in [0.25, 0.3) is 10.8 Å². The average molecular weight is 391 g/mol. The van der Waals surface area contributed by atoms with Crippen LogP contribution >= 0.6 is 0 Å². The molecule has 2 bridgehead atoms. The summed E-state index contributed by atoms with van der Waals surface area (Å²) in [6.45, 7) is 0. The predicted molar refractivity (Wildman–Crippen MR) is 93.3 cm³/mol. The van der Waals surface area contributed by atoms with Gasteiger partial charge in [0.1, 0.15) is 0 Å². The number of hydrogen-bond acceptors (Lipinski definition) is 2. The number of carbonyl (C=O) groups excluding carboxylic acids is 2. The molecule has 3 nitrogen and oxygen atoms in total. The number of rotatable bonds is 3. The zero-order chi connectivity index (χ0) is 19.8. The van der Waals surface area contributed by atoms with Crippen molar-refractivity contribution in [1.29, 1.82) is 0 Å².